The first kappa shape index (κ1) is 18.2. The highest BCUT2D eigenvalue weighted by atomic mass is 15.2. The van der Waals surface area contributed by atoms with Crippen LogP contribution in [0.3, 0.4) is 0 Å². The Hall–Kier alpha value is -0.860. The van der Waals surface area contributed by atoms with Crippen LogP contribution in [0.15, 0.2) is 24.3 Å². The molecule has 0 saturated heterocycles. The molecule has 0 aliphatic heterocycles. The zero-order chi connectivity index (χ0) is 15.8. The summed E-state index contributed by atoms with van der Waals surface area (Å²) in [5.41, 5.74) is 2.82. The van der Waals surface area contributed by atoms with Gasteiger partial charge in [0.2, 0.25) is 0 Å². The molecule has 0 amide bonds. The summed E-state index contributed by atoms with van der Waals surface area (Å²) < 4.78 is 0. The quantitative estimate of drug-likeness (QED) is 0.725. The summed E-state index contributed by atoms with van der Waals surface area (Å²) in [7, 11) is 0. The number of rotatable bonds is 9. The fourth-order valence-corrected chi connectivity index (χ4v) is 3.13. The molecule has 21 heavy (non-hydrogen) atoms. The lowest BCUT2D eigenvalue weighted by Crippen LogP contribution is -2.46. The summed E-state index contributed by atoms with van der Waals surface area (Å²) in [6.45, 7) is 15.8. The van der Waals surface area contributed by atoms with Crippen LogP contribution in [0.5, 0.6) is 0 Å². The standard InChI is InChI=1S/C19H34N2/c1-7-14-21(15(4)5)16(6)19(20-9-3)18-12-10-17(8-2)11-13-18/h10-13,15-16,19-20H,7-9,14H2,1-6H3. The maximum atomic E-state index is 3.69. The highest BCUT2D eigenvalue weighted by Gasteiger charge is 2.25. The molecule has 0 radical (unpaired) electrons. The van der Waals surface area contributed by atoms with E-state index in [4.69, 9.17) is 0 Å². The molecule has 0 aromatic heterocycles. The van der Waals surface area contributed by atoms with Crippen molar-refractivity contribution in [3.05, 3.63) is 35.4 Å². The molecule has 0 aliphatic rings. The van der Waals surface area contributed by atoms with Gasteiger partial charge in [-0.1, -0.05) is 45.0 Å². The van der Waals surface area contributed by atoms with Gasteiger partial charge < -0.3 is 5.32 Å². The summed E-state index contributed by atoms with van der Waals surface area (Å²) in [4.78, 5) is 2.61. The van der Waals surface area contributed by atoms with Crippen molar-refractivity contribution >= 4 is 0 Å². The lowest BCUT2D eigenvalue weighted by molar-refractivity contribution is 0.132. The molecule has 2 heteroatoms. The van der Waals surface area contributed by atoms with Gasteiger partial charge in [0.15, 0.2) is 0 Å². The minimum Gasteiger partial charge on any atom is -0.309 e. The van der Waals surface area contributed by atoms with E-state index < -0.39 is 0 Å². The van der Waals surface area contributed by atoms with Crippen LogP contribution in [-0.2, 0) is 6.42 Å². The largest absolute Gasteiger partial charge is 0.309 e. The number of hydrogen-bond acceptors (Lipinski definition) is 2. The van der Waals surface area contributed by atoms with Crippen LogP contribution in [0.25, 0.3) is 0 Å². The van der Waals surface area contributed by atoms with Gasteiger partial charge in [-0.3, -0.25) is 4.90 Å². The maximum Gasteiger partial charge on any atom is 0.0475 e. The molecular weight excluding hydrogens is 256 g/mol. The third-order valence-corrected chi connectivity index (χ3v) is 4.32. The van der Waals surface area contributed by atoms with Crippen molar-refractivity contribution in [1.29, 1.82) is 0 Å². The molecule has 2 unspecified atom stereocenters. The zero-order valence-electron chi connectivity index (χ0n) is 14.8. The SMILES string of the molecule is CCCN(C(C)C)C(C)C(NCC)c1ccc(CC)cc1. The average Bonchev–Trinajstić information content (AvgIpc) is 2.49. The van der Waals surface area contributed by atoms with Crippen molar-refractivity contribution < 1.29 is 0 Å². The Kier molecular flexibility index (Phi) is 7.98. The molecule has 120 valence electrons. The van der Waals surface area contributed by atoms with Crippen molar-refractivity contribution in [3.63, 3.8) is 0 Å². The highest BCUT2D eigenvalue weighted by Crippen LogP contribution is 2.23. The van der Waals surface area contributed by atoms with E-state index in [-0.39, 0.29) is 0 Å². The highest BCUT2D eigenvalue weighted by molar-refractivity contribution is 5.26. The predicted octanol–water partition coefficient (Wildman–Crippen LogP) is 4.41. The lowest BCUT2D eigenvalue weighted by Gasteiger charge is -2.38. The predicted molar refractivity (Wildman–Crippen MR) is 93.8 cm³/mol. The summed E-state index contributed by atoms with van der Waals surface area (Å²) in [6.07, 6.45) is 2.31. The van der Waals surface area contributed by atoms with Gasteiger partial charge in [0.1, 0.15) is 0 Å². The molecule has 0 heterocycles. The van der Waals surface area contributed by atoms with Gasteiger partial charge in [-0.15, -0.1) is 0 Å². The van der Waals surface area contributed by atoms with Gasteiger partial charge in [0.25, 0.3) is 0 Å². The van der Waals surface area contributed by atoms with Crippen molar-refractivity contribution in [2.24, 2.45) is 0 Å². The molecule has 1 rings (SSSR count). The maximum absolute atomic E-state index is 3.69. The van der Waals surface area contributed by atoms with Crippen LogP contribution < -0.4 is 5.32 Å². The number of nitrogens with one attached hydrogen (secondary N) is 1. The molecule has 1 aromatic carbocycles. The number of likely N-dealkylation sites (N-methyl/N-ethyl adjacent to an activating group) is 1. The Morgan fingerprint density at radius 1 is 1.00 bits per heavy atom. The van der Waals surface area contributed by atoms with Gasteiger partial charge in [-0.25, -0.2) is 0 Å². The second kappa shape index (κ2) is 9.22. The Balaban J connectivity index is 2.96. The molecule has 2 nitrogen and oxygen atoms in total. The van der Waals surface area contributed by atoms with E-state index in [0.29, 0.717) is 18.1 Å². The summed E-state index contributed by atoms with van der Waals surface area (Å²) in [5, 5.41) is 3.69. The van der Waals surface area contributed by atoms with Gasteiger partial charge in [-0.2, -0.15) is 0 Å². The Bertz CT molecular complexity index is 383. The minimum atomic E-state index is 0.398. The lowest BCUT2D eigenvalue weighted by atomic mass is 9.96. The van der Waals surface area contributed by atoms with Crippen LogP contribution >= 0.6 is 0 Å². The summed E-state index contributed by atoms with van der Waals surface area (Å²) >= 11 is 0. The first-order valence-corrected chi connectivity index (χ1v) is 8.63. The van der Waals surface area contributed by atoms with Gasteiger partial charge in [0, 0.05) is 18.1 Å². The average molecular weight is 290 g/mol. The molecule has 0 aliphatic carbocycles. The van der Waals surface area contributed by atoms with E-state index in [1.165, 1.54) is 17.5 Å². The molecule has 0 saturated carbocycles. The van der Waals surface area contributed by atoms with Crippen LogP contribution in [0, 0.1) is 0 Å². The van der Waals surface area contributed by atoms with Crippen molar-refractivity contribution in [2.45, 2.75) is 72.5 Å². The zero-order valence-corrected chi connectivity index (χ0v) is 14.8. The Morgan fingerprint density at radius 3 is 2.05 bits per heavy atom. The van der Waals surface area contributed by atoms with Crippen LogP contribution in [0.1, 0.15) is 65.1 Å². The third kappa shape index (κ3) is 5.12. The van der Waals surface area contributed by atoms with Gasteiger partial charge in [-0.05, 0) is 57.8 Å². The van der Waals surface area contributed by atoms with Gasteiger partial charge >= 0.3 is 0 Å². The first-order chi connectivity index (χ1) is 10.0. The van der Waals surface area contributed by atoms with Gasteiger partial charge in [0.05, 0.1) is 0 Å². The minimum absolute atomic E-state index is 0.398. The van der Waals surface area contributed by atoms with E-state index in [1.807, 2.05) is 0 Å². The monoisotopic (exact) mass is 290 g/mol. The van der Waals surface area contributed by atoms with Crippen molar-refractivity contribution in [3.8, 4) is 0 Å². The normalized spacial score (nSPS) is 14.7. The van der Waals surface area contributed by atoms with E-state index in [9.17, 15) is 0 Å². The Morgan fingerprint density at radius 2 is 1.62 bits per heavy atom. The smallest absolute Gasteiger partial charge is 0.0475 e. The van der Waals surface area contributed by atoms with E-state index in [1.54, 1.807) is 0 Å². The first-order valence-electron chi connectivity index (χ1n) is 8.63. The summed E-state index contributed by atoms with van der Waals surface area (Å²) in [6, 6.07) is 10.6. The molecule has 2 atom stereocenters. The fraction of sp³-hybridized carbons (Fsp3) is 0.684. The summed E-state index contributed by atoms with van der Waals surface area (Å²) in [5.74, 6) is 0. The van der Waals surface area contributed by atoms with Crippen LogP contribution in [-0.4, -0.2) is 30.1 Å². The Labute approximate surface area is 131 Å². The van der Waals surface area contributed by atoms with Crippen molar-refractivity contribution in [2.75, 3.05) is 13.1 Å². The molecule has 0 bridgehead atoms. The molecule has 0 spiro atoms. The second-order valence-corrected chi connectivity index (χ2v) is 6.20. The van der Waals surface area contributed by atoms with Crippen LogP contribution in [0.4, 0.5) is 0 Å². The second-order valence-electron chi connectivity index (χ2n) is 6.20. The fourth-order valence-electron chi connectivity index (χ4n) is 3.13. The molecular formula is C19H34N2. The number of hydrogen-bond donors (Lipinski definition) is 1. The third-order valence-electron chi connectivity index (χ3n) is 4.32. The van der Waals surface area contributed by atoms with E-state index in [0.717, 1.165) is 19.5 Å². The molecule has 1 N–H and O–H groups in total. The van der Waals surface area contributed by atoms with Crippen LogP contribution in [0.2, 0.25) is 0 Å². The topological polar surface area (TPSA) is 15.3 Å². The molecule has 1 aromatic rings. The van der Waals surface area contributed by atoms with E-state index >= 15 is 0 Å². The number of nitrogens with zero attached hydrogens (tertiary/aromatic N) is 1. The number of benzene rings is 1. The van der Waals surface area contributed by atoms with E-state index in [2.05, 4.69) is 76.0 Å². The van der Waals surface area contributed by atoms with Crippen molar-refractivity contribution in [1.82, 2.24) is 10.2 Å². The number of aryl methyl sites for hydroxylation is 1. The molecule has 0 fully saturated rings.